The minimum absolute atomic E-state index is 0.0573. The van der Waals surface area contributed by atoms with E-state index in [9.17, 15) is 36.5 Å². The van der Waals surface area contributed by atoms with Gasteiger partial charge in [-0.15, -0.1) is 0 Å². The molecule has 3 rings (SSSR count). The van der Waals surface area contributed by atoms with E-state index in [1.165, 1.54) is 11.5 Å². The molecule has 14 heteroatoms. The van der Waals surface area contributed by atoms with Gasteiger partial charge in [-0.1, -0.05) is 6.07 Å². The van der Waals surface area contributed by atoms with Gasteiger partial charge in [0, 0.05) is 38.3 Å². The van der Waals surface area contributed by atoms with Crippen molar-refractivity contribution >= 4 is 27.3 Å². The van der Waals surface area contributed by atoms with Gasteiger partial charge < -0.3 is 4.90 Å². The lowest BCUT2D eigenvalue weighted by atomic mass is 10.1. The van der Waals surface area contributed by atoms with E-state index >= 15 is 0 Å². The van der Waals surface area contributed by atoms with Crippen molar-refractivity contribution in [3.8, 4) is 0 Å². The minimum Gasteiger partial charge on any atom is -0.368 e. The maximum Gasteiger partial charge on any atom is 0.416 e. The number of nitrogens with zero attached hydrogens (tertiary/aromatic N) is 3. The molecule has 0 saturated carbocycles. The number of nitrogens with one attached hydrogen (secondary N) is 1. The zero-order valence-corrected chi connectivity index (χ0v) is 17.1. The monoisotopic (exact) mass is 474 g/mol. The fourth-order valence-electron chi connectivity index (χ4n) is 3.31. The molecule has 1 fully saturated rings. The molecule has 0 atom stereocenters. The van der Waals surface area contributed by atoms with Crippen LogP contribution in [0.2, 0.25) is 0 Å². The Hall–Kier alpha value is -3.23. The van der Waals surface area contributed by atoms with Gasteiger partial charge in [0.15, 0.2) is 0 Å². The molecule has 0 aromatic heterocycles. The molecule has 32 heavy (non-hydrogen) atoms. The summed E-state index contributed by atoms with van der Waals surface area (Å²) in [5, 5.41) is 19.9. The van der Waals surface area contributed by atoms with Crippen molar-refractivity contribution in [3.63, 3.8) is 0 Å². The van der Waals surface area contributed by atoms with Crippen LogP contribution in [0.4, 0.5) is 24.5 Å². The molecule has 0 aliphatic carbocycles. The Morgan fingerprint density at radius 3 is 2.31 bits per heavy atom. The number of anilines is 1. The fourth-order valence-corrected chi connectivity index (χ4v) is 4.78. The Morgan fingerprint density at radius 1 is 1.09 bits per heavy atom. The molecule has 10 nitrogen and oxygen atoms in total. The lowest BCUT2D eigenvalue weighted by Crippen LogP contribution is -2.49. The predicted molar refractivity (Wildman–Crippen MR) is 105 cm³/mol. The van der Waals surface area contributed by atoms with Gasteiger partial charge in [0.1, 0.15) is 0 Å². The van der Waals surface area contributed by atoms with Crippen LogP contribution in [-0.2, 0) is 16.2 Å². The smallest absolute Gasteiger partial charge is 0.368 e. The number of nitro benzene ring substituents is 1. The van der Waals surface area contributed by atoms with E-state index in [2.05, 4.69) is 0 Å². The molecule has 1 aliphatic heterocycles. The van der Waals surface area contributed by atoms with Crippen LogP contribution in [0.5, 0.6) is 0 Å². The third-order valence-corrected chi connectivity index (χ3v) is 6.81. The van der Waals surface area contributed by atoms with Gasteiger partial charge in [0.05, 0.1) is 26.6 Å². The maximum absolute atomic E-state index is 12.9. The van der Waals surface area contributed by atoms with E-state index in [1.54, 1.807) is 4.90 Å². The summed E-state index contributed by atoms with van der Waals surface area (Å²) < 4.78 is 65.5. The Morgan fingerprint density at radius 2 is 1.75 bits per heavy atom. The molecule has 1 aliphatic rings. The fraction of sp³-hybridized carbons (Fsp3) is 0.278. The summed E-state index contributed by atoms with van der Waals surface area (Å²) in [6, 6.07) is 6.89. The highest BCUT2D eigenvalue weighted by Gasteiger charge is 2.34. The molecular weight excluding hydrogens is 457 g/mol. The third kappa shape index (κ3) is 4.66. The van der Waals surface area contributed by atoms with Crippen molar-refractivity contribution in [2.24, 2.45) is 0 Å². The molecular formula is C18H17F3N4O6S. The summed E-state index contributed by atoms with van der Waals surface area (Å²) in [6.07, 6.45) is -4.69. The summed E-state index contributed by atoms with van der Waals surface area (Å²) >= 11 is 0. The van der Waals surface area contributed by atoms with Crippen molar-refractivity contribution in [1.82, 2.24) is 9.79 Å². The van der Waals surface area contributed by atoms with Gasteiger partial charge in [-0.3, -0.25) is 20.1 Å². The molecule has 2 aromatic carbocycles. The lowest BCUT2D eigenvalue weighted by molar-refractivity contribution is -0.384. The average Bonchev–Trinajstić information content (AvgIpc) is 2.77. The number of piperazine rings is 1. The molecule has 2 aromatic rings. The molecule has 0 bridgehead atoms. The van der Waals surface area contributed by atoms with Crippen molar-refractivity contribution < 1.29 is 36.5 Å². The van der Waals surface area contributed by atoms with Crippen LogP contribution in [0.15, 0.2) is 47.4 Å². The van der Waals surface area contributed by atoms with Gasteiger partial charge >= 0.3 is 6.18 Å². The van der Waals surface area contributed by atoms with Crippen LogP contribution >= 0.6 is 0 Å². The van der Waals surface area contributed by atoms with Crippen LogP contribution < -0.4 is 10.4 Å². The van der Waals surface area contributed by atoms with Crippen molar-refractivity contribution in [2.75, 3.05) is 31.1 Å². The molecule has 0 radical (unpaired) electrons. The number of hydrogen-bond donors (Lipinski definition) is 2. The summed E-state index contributed by atoms with van der Waals surface area (Å²) in [6.45, 7) is -0.0884. The van der Waals surface area contributed by atoms with E-state index < -0.39 is 37.5 Å². The number of benzene rings is 2. The predicted octanol–water partition coefficient (Wildman–Crippen LogP) is 2.24. The zero-order valence-electron chi connectivity index (χ0n) is 16.2. The summed E-state index contributed by atoms with van der Waals surface area (Å²) in [5.74, 6) is -0.984. The van der Waals surface area contributed by atoms with Gasteiger partial charge in [0.25, 0.3) is 11.6 Å². The number of nitro groups is 1. The van der Waals surface area contributed by atoms with Crippen LogP contribution in [0.3, 0.4) is 0 Å². The Balaban J connectivity index is 1.82. The van der Waals surface area contributed by atoms with E-state index in [-0.39, 0.29) is 43.1 Å². The molecule has 1 amide bonds. The zero-order chi connectivity index (χ0) is 23.7. The number of non-ortho nitro benzene ring substituents is 1. The normalized spacial score (nSPS) is 15.4. The molecule has 0 spiro atoms. The van der Waals surface area contributed by atoms with Crippen molar-refractivity contribution in [2.45, 2.75) is 11.1 Å². The summed E-state index contributed by atoms with van der Waals surface area (Å²) in [7, 11) is -4.20. The first-order valence-corrected chi connectivity index (χ1v) is 10.5. The van der Waals surface area contributed by atoms with E-state index in [1.807, 2.05) is 0 Å². The van der Waals surface area contributed by atoms with Gasteiger partial charge in [-0.2, -0.15) is 17.5 Å². The van der Waals surface area contributed by atoms with E-state index in [0.717, 1.165) is 34.6 Å². The van der Waals surface area contributed by atoms with E-state index in [4.69, 9.17) is 5.21 Å². The number of carbonyl (C=O) groups is 1. The van der Waals surface area contributed by atoms with Crippen LogP contribution in [0.25, 0.3) is 0 Å². The topological polar surface area (TPSA) is 133 Å². The number of halogens is 3. The van der Waals surface area contributed by atoms with Crippen molar-refractivity contribution in [3.05, 3.63) is 63.7 Å². The van der Waals surface area contributed by atoms with Gasteiger partial charge in [-0.05, 0) is 24.3 Å². The van der Waals surface area contributed by atoms with Crippen molar-refractivity contribution in [1.29, 1.82) is 0 Å². The average molecular weight is 474 g/mol. The molecule has 2 N–H and O–H groups in total. The molecule has 1 heterocycles. The number of hydrogen-bond acceptors (Lipinski definition) is 7. The van der Waals surface area contributed by atoms with Crippen LogP contribution in [-0.4, -0.2) is 54.9 Å². The largest absolute Gasteiger partial charge is 0.416 e. The van der Waals surface area contributed by atoms with Crippen LogP contribution in [0.1, 0.15) is 15.9 Å². The van der Waals surface area contributed by atoms with Gasteiger partial charge in [-0.25, -0.2) is 13.9 Å². The SMILES string of the molecule is O=C(NO)c1cc([N+](=O)[O-])ccc1N1CCN(S(=O)(=O)c2cccc(C(F)(F)F)c2)CC1. The maximum atomic E-state index is 12.9. The number of rotatable bonds is 5. The highest BCUT2D eigenvalue weighted by atomic mass is 32.2. The van der Waals surface area contributed by atoms with Crippen LogP contribution in [0, 0.1) is 10.1 Å². The molecule has 172 valence electrons. The number of amides is 1. The first-order valence-electron chi connectivity index (χ1n) is 9.10. The summed E-state index contributed by atoms with van der Waals surface area (Å²) in [4.78, 5) is 23.3. The minimum atomic E-state index is -4.69. The molecule has 1 saturated heterocycles. The first kappa shape index (κ1) is 23.4. The quantitative estimate of drug-likeness (QED) is 0.386. The van der Waals surface area contributed by atoms with E-state index in [0.29, 0.717) is 6.07 Å². The second-order valence-electron chi connectivity index (χ2n) is 6.82. The Labute approximate surface area is 180 Å². The standard InChI is InChI=1S/C18H17F3N4O6S/c19-18(20,21)12-2-1-3-14(10-12)32(30,31)24-8-6-23(7-9-24)16-5-4-13(25(28)29)11-15(16)17(26)22-27/h1-5,10-11,27H,6-9H2,(H,22,26). The highest BCUT2D eigenvalue weighted by Crippen LogP contribution is 2.32. The number of hydroxylamine groups is 1. The number of sulfonamides is 1. The second-order valence-corrected chi connectivity index (χ2v) is 8.75. The number of carbonyl (C=O) groups excluding carboxylic acids is 1. The highest BCUT2D eigenvalue weighted by molar-refractivity contribution is 7.89. The molecule has 0 unspecified atom stereocenters. The second kappa shape index (κ2) is 8.72. The summed E-state index contributed by atoms with van der Waals surface area (Å²) in [5.41, 5.74) is 0.00506. The lowest BCUT2D eigenvalue weighted by Gasteiger charge is -2.36. The number of alkyl halides is 3. The van der Waals surface area contributed by atoms with Gasteiger partial charge in [0.2, 0.25) is 10.0 Å². The third-order valence-electron chi connectivity index (χ3n) is 4.92. The Bertz CT molecular complexity index is 1150. The first-order chi connectivity index (χ1) is 14.9. The Kier molecular flexibility index (Phi) is 6.39.